The van der Waals surface area contributed by atoms with E-state index in [4.69, 9.17) is 4.74 Å². The van der Waals surface area contributed by atoms with Gasteiger partial charge in [-0.3, -0.25) is 4.79 Å². The van der Waals surface area contributed by atoms with Gasteiger partial charge in [-0.15, -0.1) is 0 Å². The first kappa shape index (κ1) is 20.8. The molecule has 2 aromatic heterocycles. The molecule has 2 aliphatic rings. The first-order valence-electron chi connectivity index (χ1n) is 10.9. The predicted octanol–water partition coefficient (Wildman–Crippen LogP) is 3.10. The van der Waals surface area contributed by atoms with Crippen molar-refractivity contribution >= 4 is 32.5 Å². The van der Waals surface area contributed by atoms with Crippen molar-refractivity contribution in [3.63, 3.8) is 0 Å². The number of benzene rings is 1. The third-order valence-electron chi connectivity index (χ3n) is 6.18. The van der Waals surface area contributed by atoms with Crippen LogP contribution >= 0.6 is 0 Å². The van der Waals surface area contributed by atoms with Crippen molar-refractivity contribution in [1.29, 1.82) is 0 Å². The second-order valence-corrected chi connectivity index (χ2v) is 10.4. The van der Waals surface area contributed by atoms with E-state index in [9.17, 15) is 13.2 Å². The Labute approximate surface area is 187 Å². The van der Waals surface area contributed by atoms with Gasteiger partial charge in [-0.2, -0.15) is 0 Å². The second-order valence-electron chi connectivity index (χ2n) is 8.77. The molecule has 2 fully saturated rings. The quantitative estimate of drug-likeness (QED) is 0.569. The summed E-state index contributed by atoms with van der Waals surface area (Å²) in [5, 5.41) is 0.544. The maximum atomic E-state index is 13.4. The number of pyridine rings is 1. The van der Waals surface area contributed by atoms with E-state index >= 15 is 0 Å². The number of sulfonamides is 1. The summed E-state index contributed by atoms with van der Waals surface area (Å²) in [6.07, 6.45) is 5.53. The number of nitrogens with zero attached hydrogens (tertiary/aromatic N) is 2. The summed E-state index contributed by atoms with van der Waals surface area (Å²) in [5.41, 5.74) is 1.32. The van der Waals surface area contributed by atoms with E-state index in [-0.39, 0.29) is 11.0 Å². The highest BCUT2D eigenvalue weighted by molar-refractivity contribution is 7.90. The average molecular weight is 455 g/mol. The highest BCUT2D eigenvalue weighted by Crippen LogP contribution is 2.52. The van der Waals surface area contributed by atoms with Crippen LogP contribution < -0.4 is 14.4 Å². The number of carbonyl (C=O) groups is 1. The zero-order chi connectivity index (χ0) is 22.5. The molecule has 1 amide bonds. The monoisotopic (exact) mass is 454 g/mol. The number of anilines is 1. The Balaban J connectivity index is 1.49. The molecule has 0 radical (unpaired) electrons. The topological polar surface area (TPSA) is 104 Å². The summed E-state index contributed by atoms with van der Waals surface area (Å²) in [6, 6.07) is 8.58. The fraction of sp³-hybridized carbons (Fsp3) is 0.391. The number of aromatic amines is 1. The predicted molar refractivity (Wildman–Crippen MR) is 121 cm³/mol. The minimum absolute atomic E-state index is 0.0755. The third-order valence-corrected chi connectivity index (χ3v) is 7.57. The summed E-state index contributed by atoms with van der Waals surface area (Å²) >= 11 is 0. The zero-order valence-corrected chi connectivity index (χ0v) is 18.9. The normalized spacial score (nSPS) is 17.3. The molecule has 9 heteroatoms. The van der Waals surface area contributed by atoms with Gasteiger partial charge in [0.1, 0.15) is 0 Å². The molecule has 0 atom stereocenters. The van der Waals surface area contributed by atoms with Gasteiger partial charge in [0.05, 0.1) is 28.3 Å². The van der Waals surface area contributed by atoms with Crippen LogP contribution in [0.3, 0.4) is 0 Å². The minimum Gasteiger partial charge on any atom is -0.475 e. The molecule has 2 N–H and O–H groups in total. The van der Waals surface area contributed by atoms with Gasteiger partial charge in [0.25, 0.3) is 10.0 Å². The SMILES string of the molecule is CC(C)Oc1ncc(N2CCC2)cc1C1(C(=O)NS(=O)(=O)c2cccc3[nH]ccc23)CC1. The molecule has 1 saturated carbocycles. The van der Waals surface area contributed by atoms with E-state index in [1.807, 2.05) is 19.9 Å². The first-order valence-corrected chi connectivity index (χ1v) is 12.3. The molecule has 1 aliphatic heterocycles. The molecule has 32 heavy (non-hydrogen) atoms. The fourth-order valence-corrected chi connectivity index (χ4v) is 5.43. The Bertz CT molecular complexity index is 1290. The van der Waals surface area contributed by atoms with E-state index in [2.05, 4.69) is 19.6 Å². The second kappa shape index (κ2) is 7.51. The van der Waals surface area contributed by atoms with Gasteiger partial charge in [-0.25, -0.2) is 18.1 Å². The zero-order valence-electron chi connectivity index (χ0n) is 18.1. The molecule has 3 aromatic rings. The summed E-state index contributed by atoms with van der Waals surface area (Å²) in [5.74, 6) is -0.150. The molecule has 3 heterocycles. The molecular weight excluding hydrogens is 428 g/mol. The van der Waals surface area contributed by atoms with Crippen LogP contribution in [0, 0.1) is 0 Å². The van der Waals surface area contributed by atoms with Crippen LogP contribution in [-0.2, 0) is 20.2 Å². The molecule has 8 nitrogen and oxygen atoms in total. The van der Waals surface area contributed by atoms with Gasteiger partial charge in [0.15, 0.2) is 0 Å². The molecule has 168 valence electrons. The number of hydrogen-bond donors (Lipinski definition) is 2. The van der Waals surface area contributed by atoms with E-state index < -0.39 is 21.3 Å². The summed E-state index contributed by atoms with van der Waals surface area (Å²) < 4.78 is 34.5. The van der Waals surface area contributed by atoms with Crippen molar-refractivity contribution in [2.45, 2.75) is 49.5 Å². The Kier molecular flexibility index (Phi) is 4.88. The number of rotatable bonds is 7. The molecular formula is C23H26N4O4S. The number of nitrogens with one attached hydrogen (secondary N) is 2. The highest BCUT2D eigenvalue weighted by atomic mass is 32.2. The summed E-state index contributed by atoms with van der Waals surface area (Å²) in [4.78, 5) is 23.2. The Morgan fingerprint density at radius 1 is 1.25 bits per heavy atom. The van der Waals surface area contributed by atoms with E-state index in [0.717, 1.165) is 25.2 Å². The number of fused-ring (bicyclic) bond motifs is 1. The van der Waals surface area contributed by atoms with E-state index in [1.54, 1.807) is 30.6 Å². The maximum absolute atomic E-state index is 13.4. The third kappa shape index (κ3) is 3.50. The van der Waals surface area contributed by atoms with Gasteiger partial charge in [-0.1, -0.05) is 6.07 Å². The Hall–Kier alpha value is -3.07. The summed E-state index contributed by atoms with van der Waals surface area (Å²) in [7, 11) is -4.05. The number of carbonyl (C=O) groups excluding carboxylic acids is 1. The Morgan fingerprint density at radius 3 is 2.69 bits per heavy atom. The van der Waals surface area contributed by atoms with Crippen LogP contribution in [0.25, 0.3) is 10.9 Å². The van der Waals surface area contributed by atoms with E-state index in [1.165, 1.54) is 6.07 Å². The lowest BCUT2D eigenvalue weighted by Gasteiger charge is -2.33. The van der Waals surface area contributed by atoms with Gasteiger partial charge >= 0.3 is 0 Å². The molecule has 0 unspecified atom stereocenters. The lowest BCUT2D eigenvalue weighted by molar-refractivity contribution is -0.121. The van der Waals surface area contributed by atoms with Crippen molar-refractivity contribution < 1.29 is 17.9 Å². The van der Waals surface area contributed by atoms with Gasteiger partial charge in [0.2, 0.25) is 11.8 Å². The molecule has 1 aromatic carbocycles. The first-order chi connectivity index (χ1) is 15.3. The standard InChI is InChI=1S/C23H26N4O4S/c1-15(2)31-21-18(13-16(14-25-21)27-11-4-12-27)23(8-9-23)22(28)26-32(29,30)20-6-3-5-19-17(20)7-10-24-19/h3,5-7,10,13-15,24H,4,8-9,11-12H2,1-2H3,(H,26,28). The van der Waals surface area contributed by atoms with Gasteiger partial charge in [-0.05, 0) is 57.4 Å². The van der Waals surface area contributed by atoms with E-state index in [0.29, 0.717) is 35.2 Å². The van der Waals surface area contributed by atoms with Crippen LogP contribution in [0.5, 0.6) is 5.88 Å². The number of H-pyrrole nitrogens is 1. The molecule has 0 bridgehead atoms. The smallest absolute Gasteiger partial charge is 0.264 e. The van der Waals surface area contributed by atoms with Crippen LogP contribution in [0.15, 0.2) is 47.6 Å². The van der Waals surface area contributed by atoms with Crippen LogP contribution in [0.1, 0.15) is 38.7 Å². The molecule has 0 spiro atoms. The van der Waals surface area contributed by atoms with Crippen molar-refractivity contribution in [3.05, 3.63) is 48.3 Å². The lowest BCUT2D eigenvalue weighted by atomic mass is 9.95. The number of hydrogen-bond acceptors (Lipinski definition) is 6. The molecule has 1 aliphatic carbocycles. The minimum atomic E-state index is -4.05. The van der Waals surface area contributed by atoms with Crippen molar-refractivity contribution in [2.75, 3.05) is 18.0 Å². The lowest BCUT2D eigenvalue weighted by Crippen LogP contribution is -2.40. The van der Waals surface area contributed by atoms with Crippen LogP contribution in [0.2, 0.25) is 0 Å². The fourth-order valence-electron chi connectivity index (χ4n) is 4.16. The van der Waals surface area contributed by atoms with Crippen molar-refractivity contribution in [2.24, 2.45) is 0 Å². The van der Waals surface area contributed by atoms with Crippen molar-refractivity contribution in [3.8, 4) is 5.88 Å². The van der Waals surface area contributed by atoms with Gasteiger partial charge in [0, 0.05) is 35.8 Å². The van der Waals surface area contributed by atoms with Crippen LogP contribution in [0.4, 0.5) is 5.69 Å². The maximum Gasteiger partial charge on any atom is 0.264 e. The van der Waals surface area contributed by atoms with Gasteiger partial charge < -0.3 is 14.6 Å². The van der Waals surface area contributed by atoms with Crippen LogP contribution in [-0.4, -0.2) is 43.5 Å². The average Bonchev–Trinajstić information content (AvgIpc) is 3.37. The molecule has 5 rings (SSSR count). The highest BCUT2D eigenvalue weighted by Gasteiger charge is 2.54. The number of amides is 1. The summed E-state index contributed by atoms with van der Waals surface area (Å²) in [6.45, 7) is 5.69. The largest absolute Gasteiger partial charge is 0.475 e. The number of ether oxygens (including phenoxy) is 1. The van der Waals surface area contributed by atoms with Crippen molar-refractivity contribution in [1.82, 2.24) is 14.7 Å². The molecule has 1 saturated heterocycles. The number of aromatic nitrogens is 2. The Morgan fingerprint density at radius 2 is 2.03 bits per heavy atom.